The molecule has 0 amide bonds. The number of aromatic nitrogens is 3. The van der Waals surface area contributed by atoms with Crippen molar-refractivity contribution in [3.63, 3.8) is 0 Å². The minimum absolute atomic E-state index is 0.181. The minimum Gasteiger partial charge on any atom is -0.383 e. The number of halogens is 2. The highest BCUT2D eigenvalue weighted by Gasteiger charge is 2.11. The summed E-state index contributed by atoms with van der Waals surface area (Å²) in [6, 6.07) is 0. The highest BCUT2D eigenvalue weighted by atomic mass is 19.3. The van der Waals surface area contributed by atoms with E-state index in [4.69, 9.17) is 15.2 Å². The average Bonchev–Trinajstić information content (AvgIpc) is 2.74. The molecule has 8 heteroatoms. The van der Waals surface area contributed by atoms with E-state index in [9.17, 15) is 8.78 Å². The van der Waals surface area contributed by atoms with Gasteiger partial charge in [-0.3, -0.25) is 0 Å². The molecule has 1 rings (SSSR count). The Morgan fingerprint density at radius 1 is 1.28 bits per heavy atom. The molecule has 0 atom stereocenters. The number of alkyl halides is 2. The Bertz CT molecular complexity index is 347. The molecule has 0 aliphatic rings. The smallest absolute Gasteiger partial charge is 0.261 e. The van der Waals surface area contributed by atoms with Gasteiger partial charge in [-0.05, 0) is 0 Å². The number of hydrogen-bond acceptors (Lipinski definition) is 5. The zero-order valence-corrected chi connectivity index (χ0v) is 10.3. The van der Waals surface area contributed by atoms with Gasteiger partial charge in [0.05, 0.1) is 19.8 Å². The third kappa shape index (κ3) is 4.63. The Kier molecular flexibility index (Phi) is 6.69. The summed E-state index contributed by atoms with van der Waals surface area (Å²) < 4.78 is 35.4. The molecule has 0 spiro atoms. The van der Waals surface area contributed by atoms with E-state index in [0.29, 0.717) is 31.2 Å². The van der Waals surface area contributed by atoms with Crippen LogP contribution in [0.3, 0.4) is 0 Å². The fourth-order valence-electron chi connectivity index (χ4n) is 1.48. The maximum absolute atomic E-state index is 11.9. The Labute approximate surface area is 104 Å². The zero-order chi connectivity index (χ0) is 13.4. The normalized spacial score (nSPS) is 11.4. The summed E-state index contributed by atoms with van der Waals surface area (Å²) in [6.07, 6.45) is -2.03. The van der Waals surface area contributed by atoms with Gasteiger partial charge in [0.15, 0.2) is 0 Å². The van der Waals surface area contributed by atoms with Crippen LogP contribution in [0.1, 0.15) is 11.6 Å². The van der Waals surface area contributed by atoms with Crippen molar-refractivity contribution in [3.05, 3.63) is 11.6 Å². The molecule has 0 fully saturated rings. The first kappa shape index (κ1) is 14.9. The minimum atomic E-state index is -2.45. The molecule has 6 nitrogen and oxygen atoms in total. The van der Waals surface area contributed by atoms with Crippen LogP contribution in [0.4, 0.5) is 8.78 Å². The lowest BCUT2D eigenvalue weighted by atomic mass is 10.4. The summed E-state index contributed by atoms with van der Waals surface area (Å²) in [7, 11) is 1.60. The highest BCUT2D eigenvalue weighted by Crippen LogP contribution is 2.04. The fraction of sp³-hybridized carbons (Fsp3) is 0.800. The molecule has 0 saturated heterocycles. The molecule has 2 N–H and O–H groups in total. The summed E-state index contributed by atoms with van der Waals surface area (Å²) in [5.41, 5.74) is 5.54. The standard InChI is InChI=1S/C10H18F2N4O2/c1-17-5-3-16-9(14-15-10(16)6-13)2-4-18-7-8(11)12/h8H,2-7,13H2,1H3. The van der Waals surface area contributed by atoms with Gasteiger partial charge in [-0.2, -0.15) is 0 Å². The Morgan fingerprint density at radius 2 is 2.00 bits per heavy atom. The van der Waals surface area contributed by atoms with Crippen molar-refractivity contribution in [2.75, 3.05) is 26.9 Å². The predicted molar refractivity (Wildman–Crippen MR) is 60.3 cm³/mol. The number of nitrogens with two attached hydrogens (primary N) is 1. The highest BCUT2D eigenvalue weighted by molar-refractivity contribution is 4.96. The second-order valence-corrected chi connectivity index (χ2v) is 3.60. The van der Waals surface area contributed by atoms with Crippen molar-refractivity contribution in [3.8, 4) is 0 Å². The number of hydrogen-bond donors (Lipinski definition) is 1. The van der Waals surface area contributed by atoms with Gasteiger partial charge in [0, 0.05) is 20.1 Å². The molecular weight excluding hydrogens is 246 g/mol. The van der Waals surface area contributed by atoms with Crippen LogP contribution in [-0.2, 0) is 29.0 Å². The molecule has 1 aromatic heterocycles. The topological polar surface area (TPSA) is 75.2 Å². The molecule has 1 aromatic rings. The molecule has 0 aliphatic heterocycles. The van der Waals surface area contributed by atoms with Gasteiger partial charge in [-0.1, -0.05) is 0 Å². The first-order valence-electron chi connectivity index (χ1n) is 5.64. The van der Waals surface area contributed by atoms with Gasteiger partial charge in [-0.15, -0.1) is 10.2 Å². The number of ether oxygens (including phenoxy) is 2. The third-order valence-corrected chi connectivity index (χ3v) is 2.32. The van der Waals surface area contributed by atoms with Crippen molar-refractivity contribution in [1.29, 1.82) is 0 Å². The molecule has 0 unspecified atom stereocenters. The van der Waals surface area contributed by atoms with Gasteiger partial charge in [0.25, 0.3) is 6.43 Å². The predicted octanol–water partition coefficient (Wildman–Crippen LogP) is 0.207. The van der Waals surface area contributed by atoms with Crippen LogP contribution in [0, 0.1) is 0 Å². The first-order chi connectivity index (χ1) is 8.69. The average molecular weight is 264 g/mol. The van der Waals surface area contributed by atoms with Crippen LogP contribution >= 0.6 is 0 Å². The second kappa shape index (κ2) is 8.06. The molecule has 0 aliphatic carbocycles. The largest absolute Gasteiger partial charge is 0.383 e. The summed E-state index contributed by atoms with van der Waals surface area (Å²) in [5, 5.41) is 7.90. The van der Waals surface area contributed by atoms with Crippen LogP contribution in [0.5, 0.6) is 0 Å². The van der Waals surface area contributed by atoms with E-state index < -0.39 is 13.0 Å². The third-order valence-electron chi connectivity index (χ3n) is 2.32. The van der Waals surface area contributed by atoms with Gasteiger partial charge in [0.2, 0.25) is 0 Å². The second-order valence-electron chi connectivity index (χ2n) is 3.60. The quantitative estimate of drug-likeness (QED) is 0.645. The lowest BCUT2D eigenvalue weighted by molar-refractivity contribution is 0.0180. The van der Waals surface area contributed by atoms with Crippen LogP contribution in [0.2, 0.25) is 0 Å². The molecule has 104 valence electrons. The Hall–Kier alpha value is -1.12. The van der Waals surface area contributed by atoms with Crippen molar-refractivity contribution in [2.24, 2.45) is 5.73 Å². The molecule has 18 heavy (non-hydrogen) atoms. The Balaban J connectivity index is 2.50. The summed E-state index contributed by atoms with van der Waals surface area (Å²) in [4.78, 5) is 0. The monoisotopic (exact) mass is 264 g/mol. The van der Waals surface area contributed by atoms with Crippen LogP contribution in [-0.4, -0.2) is 48.1 Å². The van der Waals surface area contributed by atoms with Crippen LogP contribution < -0.4 is 5.73 Å². The lowest BCUT2D eigenvalue weighted by Gasteiger charge is -2.09. The Morgan fingerprint density at radius 3 is 2.61 bits per heavy atom. The van der Waals surface area contributed by atoms with E-state index in [2.05, 4.69) is 10.2 Å². The zero-order valence-electron chi connectivity index (χ0n) is 10.3. The van der Waals surface area contributed by atoms with Crippen molar-refractivity contribution < 1.29 is 18.3 Å². The molecule has 1 heterocycles. The molecule has 0 saturated carbocycles. The van der Waals surface area contributed by atoms with E-state index >= 15 is 0 Å². The van der Waals surface area contributed by atoms with Crippen molar-refractivity contribution in [2.45, 2.75) is 25.9 Å². The van der Waals surface area contributed by atoms with E-state index in [1.165, 1.54) is 0 Å². The summed E-state index contributed by atoms with van der Waals surface area (Å²) >= 11 is 0. The van der Waals surface area contributed by atoms with E-state index in [1.807, 2.05) is 4.57 Å². The van der Waals surface area contributed by atoms with Crippen LogP contribution in [0.25, 0.3) is 0 Å². The number of methoxy groups -OCH3 is 1. The van der Waals surface area contributed by atoms with Gasteiger partial charge >= 0.3 is 0 Å². The van der Waals surface area contributed by atoms with Crippen LogP contribution in [0.15, 0.2) is 0 Å². The van der Waals surface area contributed by atoms with Gasteiger partial charge in [-0.25, -0.2) is 8.78 Å². The van der Waals surface area contributed by atoms with E-state index in [0.717, 1.165) is 0 Å². The van der Waals surface area contributed by atoms with Crippen molar-refractivity contribution >= 4 is 0 Å². The van der Waals surface area contributed by atoms with E-state index in [-0.39, 0.29) is 13.2 Å². The number of rotatable bonds is 9. The van der Waals surface area contributed by atoms with E-state index in [1.54, 1.807) is 7.11 Å². The van der Waals surface area contributed by atoms with Crippen molar-refractivity contribution in [1.82, 2.24) is 14.8 Å². The van der Waals surface area contributed by atoms with Gasteiger partial charge in [0.1, 0.15) is 18.3 Å². The maximum Gasteiger partial charge on any atom is 0.261 e. The summed E-state index contributed by atoms with van der Waals surface area (Å²) in [6.45, 7) is 0.987. The summed E-state index contributed by atoms with van der Waals surface area (Å²) in [5.74, 6) is 1.32. The first-order valence-corrected chi connectivity index (χ1v) is 5.64. The van der Waals surface area contributed by atoms with Gasteiger partial charge < -0.3 is 19.8 Å². The maximum atomic E-state index is 11.9. The molecule has 0 bridgehead atoms. The molecule has 0 radical (unpaired) electrons. The fourth-order valence-corrected chi connectivity index (χ4v) is 1.48. The molecular formula is C10H18F2N4O2. The SMILES string of the molecule is COCCn1c(CN)nnc1CCOCC(F)F. The molecule has 0 aromatic carbocycles. The number of nitrogens with zero attached hydrogens (tertiary/aromatic N) is 3. The lowest BCUT2D eigenvalue weighted by Crippen LogP contribution is -2.16.